The number of carbonyl (C=O) groups is 1. The van der Waals surface area contributed by atoms with Gasteiger partial charge in [-0.25, -0.2) is 0 Å². The molecule has 2 aromatic carbocycles. The maximum Gasteiger partial charge on any atom is 0.323 e. The van der Waals surface area contributed by atoms with Crippen LogP contribution < -0.4 is 5.73 Å². The normalized spacial score (nSPS) is 13.4. The first-order valence-corrected chi connectivity index (χ1v) is 7.22. The van der Waals surface area contributed by atoms with Crippen LogP contribution in [0.15, 0.2) is 60.7 Å². The number of hydrogen-bond acceptors (Lipinski definition) is 3. The zero-order valence-corrected chi connectivity index (χ0v) is 12.2. The number of rotatable bonds is 6. The summed E-state index contributed by atoms with van der Waals surface area (Å²) in [5.74, 6) is -0.345. The van der Waals surface area contributed by atoms with Gasteiger partial charge in [0.05, 0.1) is 0 Å². The van der Waals surface area contributed by atoms with Crippen molar-refractivity contribution in [2.75, 3.05) is 0 Å². The molecule has 2 N–H and O–H groups in total. The van der Waals surface area contributed by atoms with Crippen LogP contribution in [0.3, 0.4) is 0 Å². The summed E-state index contributed by atoms with van der Waals surface area (Å²) in [5.41, 5.74) is 8.07. The van der Waals surface area contributed by atoms with Gasteiger partial charge in [0, 0.05) is 0 Å². The average molecular weight is 283 g/mol. The molecule has 0 saturated heterocycles. The lowest BCUT2D eigenvalue weighted by Gasteiger charge is -2.17. The molecule has 0 spiro atoms. The smallest absolute Gasteiger partial charge is 0.323 e. The second kappa shape index (κ2) is 7.60. The third kappa shape index (κ3) is 4.72. The van der Waals surface area contributed by atoms with Gasteiger partial charge in [-0.1, -0.05) is 60.7 Å². The standard InChI is InChI=1S/C18H21NO2/c1-14(16-10-6-3-7-11-16)21-18(20)17(19)13-12-15-8-4-2-5-9-15/h2-11,14,17H,12-13,19H2,1H3. The Bertz CT molecular complexity index is 554. The molecule has 3 heteroatoms. The summed E-state index contributed by atoms with van der Waals surface area (Å²) >= 11 is 0. The molecule has 0 bridgehead atoms. The summed E-state index contributed by atoms with van der Waals surface area (Å²) in [6, 6.07) is 19.1. The Kier molecular flexibility index (Phi) is 5.52. The van der Waals surface area contributed by atoms with Crippen molar-refractivity contribution in [2.45, 2.75) is 31.9 Å². The van der Waals surface area contributed by atoms with Crippen molar-refractivity contribution in [3.8, 4) is 0 Å². The number of aryl methyl sites for hydroxylation is 1. The van der Waals surface area contributed by atoms with Gasteiger partial charge in [-0.2, -0.15) is 0 Å². The van der Waals surface area contributed by atoms with Gasteiger partial charge in [-0.15, -0.1) is 0 Å². The molecule has 2 rings (SSSR count). The topological polar surface area (TPSA) is 52.3 Å². The van der Waals surface area contributed by atoms with Crippen LogP contribution in [-0.2, 0) is 16.0 Å². The minimum atomic E-state index is -0.587. The molecule has 2 aromatic rings. The Morgan fingerprint density at radius 1 is 1.05 bits per heavy atom. The van der Waals surface area contributed by atoms with Gasteiger partial charge in [0.25, 0.3) is 0 Å². The summed E-state index contributed by atoms with van der Waals surface area (Å²) in [6.45, 7) is 1.86. The second-order valence-electron chi connectivity index (χ2n) is 5.12. The van der Waals surface area contributed by atoms with Crippen molar-refractivity contribution < 1.29 is 9.53 Å². The van der Waals surface area contributed by atoms with Gasteiger partial charge in [0.15, 0.2) is 0 Å². The fraction of sp³-hybridized carbons (Fsp3) is 0.278. The Hall–Kier alpha value is -2.13. The van der Waals surface area contributed by atoms with E-state index in [1.54, 1.807) is 0 Å². The third-order valence-corrected chi connectivity index (χ3v) is 3.45. The minimum Gasteiger partial charge on any atom is -0.457 e. The largest absolute Gasteiger partial charge is 0.457 e. The van der Waals surface area contributed by atoms with Crippen molar-refractivity contribution in [1.82, 2.24) is 0 Å². The molecule has 2 atom stereocenters. The summed E-state index contributed by atoms with van der Waals surface area (Å²) in [5, 5.41) is 0. The van der Waals surface area contributed by atoms with E-state index in [0.717, 1.165) is 12.0 Å². The molecular weight excluding hydrogens is 262 g/mol. The summed E-state index contributed by atoms with van der Waals surface area (Å²) in [4.78, 5) is 12.0. The zero-order valence-electron chi connectivity index (χ0n) is 12.2. The molecule has 0 radical (unpaired) electrons. The predicted octanol–water partition coefficient (Wildman–Crippen LogP) is 3.25. The van der Waals surface area contributed by atoms with E-state index in [2.05, 4.69) is 0 Å². The van der Waals surface area contributed by atoms with E-state index in [4.69, 9.17) is 10.5 Å². The maximum absolute atomic E-state index is 12.0. The molecule has 0 aliphatic heterocycles. The lowest BCUT2D eigenvalue weighted by atomic mass is 10.1. The fourth-order valence-electron chi connectivity index (χ4n) is 2.14. The first-order chi connectivity index (χ1) is 10.2. The van der Waals surface area contributed by atoms with Crippen molar-refractivity contribution >= 4 is 5.97 Å². The van der Waals surface area contributed by atoms with Crippen molar-refractivity contribution in [3.63, 3.8) is 0 Å². The molecule has 0 heterocycles. The SMILES string of the molecule is CC(OC(=O)C(N)CCc1ccccc1)c1ccccc1. The highest BCUT2D eigenvalue weighted by Crippen LogP contribution is 2.17. The van der Waals surface area contributed by atoms with Crippen LogP contribution in [0.2, 0.25) is 0 Å². The molecule has 0 aromatic heterocycles. The lowest BCUT2D eigenvalue weighted by molar-refractivity contribution is -0.150. The van der Waals surface area contributed by atoms with Crippen LogP contribution in [0.1, 0.15) is 30.6 Å². The van der Waals surface area contributed by atoms with Crippen LogP contribution in [-0.4, -0.2) is 12.0 Å². The molecular formula is C18H21NO2. The molecule has 0 amide bonds. The average Bonchev–Trinajstić information content (AvgIpc) is 2.54. The van der Waals surface area contributed by atoms with E-state index in [0.29, 0.717) is 6.42 Å². The second-order valence-corrected chi connectivity index (χ2v) is 5.12. The Morgan fingerprint density at radius 3 is 2.24 bits per heavy atom. The number of esters is 1. The van der Waals surface area contributed by atoms with Crippen molar-refractivity contribution in [2.24, 2.45) is 5.73 Å². The molecule has 0 fully saturated rings. The summed E-state index contributed by atoms with van der Waals surface area (Å²) < 4.78 is 5.42. The first-order valence-electron chi connectivity index (χ1n) is 7.22. The van der Waals surface area contributed by atoms with Gasteiger partial charge in [-0.3, -0.25) is 4.79 Å². The summed E-state index contributed by atoms with van der Waals surface area (Å²) in [7, 11) is 0. The van der Waals surface area contributed by atoms with Crippen LogP contribution in [0.5, 0.6) is 0 Å². The van der Waals surface area contributed by atoms with Crippen LogP contribution in [0, 0.1) is 0 Å². The van der Waals surface area contributed by atoms with Gasteiger partial charge in [0.1, 0.15) is 12.1 Å². The van der Waals surface area contributed by atoms with E-state index >= 15 is 0 Å². The van der Waals surface area contributed by atoms with E-state index in [9.17, 15) is 4.79 Å². The van der Waals surface area contributed by atoms with Crippen LogP contribution in [0.25, 0.3) is 0 Å². The lowest BCUT2D eigenvalue weighted by Crippen LogP contribution is -2.33. The van der Waals surface area contributed by atoms with Crippen molar-refractivity contribution in [3.05, 3.63) is 71.8 Å². The summed E-state index contributed by atoms with van der Waals surface area (Å²) in [6.07, 6.45) is 1.09. The van der Waals surface area contributed by atoms with Gasteiger partial charge < -0.3 is 10.5 Å². The van der Waals surface area contributed by atoms with E-state index in [1.807, 2.05) is 67.6 Å². The minimum absolute atomic E-state index is 0.276. The zero-order chi connectivity index (χ0) is 15.1. The Labute approximate surface area is 125 Å². The van der Waals surface area contributed by atoms with E-state index in [1.165, 1.54) is 5.56 Å². The Morgan fingerprint density at radius 2 is 1.62 bits per heavy atom. The quantitative estimate of drug-likeness (QED) is 0.828. The fourth-order valence-corrected chi connectivity index (χ4v) is 2.14. The molecule has 21 heavy (non-hydrogen) atoms. The molecule has 110 valence electrons. The molecule has 3 nitrogen and oxygen atoms in total. The van der Waals surface area contributed by atoms with E-state index in [-0.39, 0.29) is 12.1 Å². The molecule has 2 unspecified atom stereocenters. The third-order valence-electron chi connectivity index (χ3n) is 3.45. The predicted molar refractivity (Wildman–Crippen MR) is 83.7 cm³/mol. The van der Waals surface area contributed by atoms with Crippen LogP contribution in [0.4, 0.5) is 0 Å². The monoisotopic (exact) mass is 283 g/mol. The number of nitrogens with two attached hydrogens (primary N) is 1. The first kappa shape index (κ1) is 15.3. The number of carbonyl (C=O) groups excluding carboxylic acids is 1. The molecule has 0 aliphatic carbocycles. The number of ether oxygens (including phenoxy) is 1. The van der Waals surface area contributed by atoms with Gasteiger partial charge in [-0.05, 0) is 30.9 Å². The molecule has 0 aliphatic rings. The van der Waals surface area contributed by atoms with E-state index < -0.39 is 6.04 Å². The highest BCUT2D eigenvalue weighted by Gasteiger charge is 2.18. The number of hydrogen-bond donors (Lipinski definition) is 1. The van der Waals surface area contributed by atoms with Crippen molar-refractivity contribution in [1.29, 1.82) is 0 Å². The van der Waals surface area contributed by atoms with Gasteiger partial charge in [0.2, 0.25) is 0 Å². The Balaban J connectivity index is 1.82. The molecule has 0 saturated carbocycles. The number of benzene rings is 2. The highest BCUT2D eigenvalue weighted by atomic mass is 16.5. The van der Waals surface area contributed by atoms with Gasteiger partial charge >= 0.3 is 5.97 Å². The highest BCUT2D eigenvalue weighted by molar-refractivity contribution is 5.75. The maximum atomic E-state index is 12.0. The van der Waals surface area contributed by atoms with Crippen LogP contribution >= 0.6 is 0 Å².